The van der Waals surface area contributed by atoms with Gasteiger partial charge >= 0.3 is 6.09 Å². The molecule has 1 aliphatic heterocycles. The van der Waals surface area contributed by atoms with Crippen LogP contribution in [0.4, 0.5) is 4.79 Å². The summed E-state index contributed by atoms with van der Waals surface area (Å²) in [6.45, 7) is 3.27. The Labute approximate surface area is 181 Å². The van der Waals surface area contributed by atoms with Crippen LogP contribution in [0.25, 0.3) is 22.8 Å². The lowest BCUT2D eigenvalue weighted by atomic mass is 10.0. The van der Waals surface area contributed by atoms with Gasteiger partial charge in [-0.15, -0.1) is 0 Å². The van der Waals surface area contributed by atoms with Gasteiger partial charge in [0.1, 0.15) is 0 Å². The SMILES string of the molecule is CCOC(=O)N1CCC(NC(=O)c2ccccc2-c2ncc(-c3ccccc3)o2)CC1. The van der Waals surface area contributed by atoms with Gasteiger partial charge in [-0.3, -0.25) is 4.79 Å². The fraction of sp³-hybridized carbons (Fsp3) is 0.292. The van der Waals surface area contributed by atoms with Crippen molar-refractivity contribution in [2.45, 2.75) is 25.8 Å². The summed E-state index contributed by atoms with van der Waals surface area (Å²) in [6, 6.07) is 17.0. The van der Waals surface area contributed by atoms with Gasteiger partial charge in [0.05, 0.1) is 18.4 Å². The Kier molecular flexibility index (Phi) is 6.31. The molecule has 0 saturated carbocycles. The van der Waals surface area contributed by atoms with E-state index in [-0.39, 0.29) is 18.0 Å². The maximum atomic E-state index is 13.0. The van der Waals surface area contributed by atoms with Gasteiger partial charge in [0.15, 0.2) is 5.76 Å². The number of piperidine rings is 1. The monoisotopic (exact) mass is 419 g/mol. The van der Waals surface area contributed by atoms with Crippen molar-refractivity contribution < 1.29 is 18.7 Å². The van der Waals surface area contributed by atoms with Crippen molar-refractivity contribution in [2.24, 2.45) is 0 Å². The van der Waals surface area contributed by atoms with Gasteiger partial charge in [0.2, 0.25) is 5.89 Å². The van der Waals surface area contributed by atoms with Crippen molar-refractivity contribution in [1.82, 2.24) is 15.2 Å². The topological polar surface area (TPSA) is 84.7 Å². The second kappa shape index (κ2) is 9.47. The summed E-state index contributed by atoms with van der Waals surface area (Å²) in [7, 11) is 0. The lowest BCUT2D eigenvalue weighted by Crippen LogP contribution is -2.46. The van der Waals surface area contributed by atoms with E-state index in [1.165, 1.54) is 0 Å². The van der Waals surface area contributed by atoms with Crippen molar-refractivity contribution in [2.75, 3.05) is 19.7 Å². The van der Waals surface area contributed by atoms with Crippen LogP contribution in [0, 0.1) is 0 Å². The van der Waals surface area contributed by atoms with E-state index >= 15 is 0 Å². The van der Waals surface area contributed by atoms with Crippen LogP contribution < -0.4 is 5.32 Å². The summed E-state index contributed by atoms with van der Waals surface area (Å²) in [5.74, 6) is 0.878. The molecule has 2 heterocycles. The van der Waals surface area contributed by atoms with Gasteiger partial charge in [-0.05, 0) is 31.9 Å². The number of amides is 2. The van der Waals surface area contributed by atoms with E-state index < -0.39 is 0 Å². The van der Waals surface area contributed by atoms with Gasteiger partial charge in [0, 0.05) is 30.3 Å². The first-order valence-electron chi connectivity index (χ1n) is 10.5. The zero-order valence-corrected chi connectivity index (χ0v) is 17.4. The molecule has 0 spiro atoms. The molecule has 7 nitrogen and oxygen atoms in total. The first kappa shape index (κ1) is 20.7. The first-order chi connectivity index (χ1) is 15.2. The molecule has 0 unspecified atom stereocenters. The maximum absolute atomic E-state index is 13.0. The van der Waals surface area contributed by atoms with E-state index in [9.17, 15) is 9.59 Å². The van der Waals surface area contributed by atoms with E-state index in [4.69, 9.17) is 9.15 Å². The van der Waals surface area contributed by atoms with Gasteiger partial charge in [0.25, 0.3) is 5.91 Å². The highest BCUT2D eigenvalue weighted by atomic mass is 16.6. The van der Waals surface area contributed by atoms with Gasteiger partial charge < -0.3 is 19.4 Å². The molecule has 4 rings (SSSR count). The predicted molar refractivity (Wildman–Crippen MR) is 116 cm³/mol. The fourth-order valence-electron chi connectivity index (χ4n) is 3.69. The van der Waals surface area contributed by atoms with Gasteiger partial charge in [-0.2, -0.15) is 0 Å². The van der Waals surface area contributed by atoms with Crippen molar-refractivity contribution in [3.63, 3.8) is 0 Å². The largest absolute Gasteiger partial charge is 0.450 e. The minimum atomic E-state index is -0.296. The number of oxazole rings is 1. The van der Waals surface area contributed by atoms with E-state index in [1.54, 1.807) is 24.1 Å². The molecule has 1 aromatic heterocycles. The number of carbonyl (C=O) groups excluding carboxylic acids is 2. The molecule has 2 amide bonds. The van der Waals surface area contributed by atoms with Crippen LogP contribution in [0.2, 0.25) is 0 Å². The standard InChI is InChI=1S/C24H25N3O4/c1-2-30-24(29)27-14-12-18(13-15-27)26-22(28)19-10-6-7-11-20(19)23-25-16-21(31-23)17-8-4-3-5-9-17/h3-11,16,18H,2,12-15H2,1H3,(H,26,28). The van der Waals surface area contributed by atoms with E-state index in [2.05, 4.69) is 10.3 Å². The Morgan fingerprint density at radius 2 is 1.81 bits per heavy atom. The summed E-state index contributed by atoms with van der Waals surface area (Å²) in [6.07, 6.45) is 2.74. The summed E-state index contributed by atoms with van der Waals surface area (Å²) >= 11 is 0. The van der Waals surface area contributed by atoms with E-state index in [0.29, 0.717) is 55.3 Å². The number of rotatable bonds is 5. The molecule has 1 fully saturated rings. The number of carbonyl (C=O) groups is 2. The van der Waals surface area contributed by atoms with E-state index in [1.807, 2.05) is 48.5 Å². The van der Waals surface area contributed by atoms with Gasteiger partial charge in [-0.25, -0.2) is 9.78 Å². The highest BCUT2D eigenvalue weighted by molar-refractivity contribution is 6.00. The number of likely N-dealkylation sites (tertiary alicyclic amines) is 1. The third kappa shape index (κ3) is 4.77. The van der Waals surface area contributed by atoms with Crippen LogP contribution in [-0.2, 0) is 4.74 Å². The first-order valence-corrected chi connectivity index (χ1v) is 10.5. The average Bonchev–Trinajstić information content (AvgIpc) is 3.30. The Morgan fingerprint density at radius 1 is 1.10 bits per heavy atom. The Hall–Kier alpha value is -3.61. The molecule has 1 aliphatic rings. The molecule has 0 bridgehead atoms. The molecule has 160 valence electrons. The molecule has 0 atom stereocenters. The normalized spacial score (nSPS) is 14.3. The third-order valence-electron chi connectivity index (χ3n) is 5.32. The smallest absolute Gasteiger partial charge is 0.409 e. The summed E-state index contributed by atoms with van der Waals surface area (Å²) in [4.78, 5) is 30.9. The van der Waals surface area contributed by atoms with Crippen LogP contribution in [0.3, 0.4) is 0 Å². The van der Waals surface area contributed by atoms with Crippen molar-refractivity contribution >= 4 is 12.0 Å². The average molecular weight is 419 g/mol. The highest BCUT2D eigenvalue weighted by Crippen LogP contribution is 2.28. The molecular formula is C24H25N3O4. The van der Waals surface area contributed by atoms with Crippen LogP contribution in [-0.4, -0.2) is 47.6 Å². The Bertz CT molecular complexity index is 1040. The maximum Gasteiger partial charge on any atom is 0.409 e. The predicted octanol–water partition coefficient (Wildman–Crippen LogP) is 4.36. The number of benzene rings is 2. The Morgan fingerprint density at radius 3 is 2.55 bits per heavy atom. The Balaban J connectivity index is 1.45. The van der Waals surface area contributed by atoms with Gasteiger partial charge in [-0.1, -0.05) is 42.5 Å². The molecule has 2 aromatic carbocycles. The number of aromatic nitrogens is 1. The second-order valence-electron chi connectivity index (χ2n) is 7.37. The lowest BCUT2D eigenvalue weighted by molar-refractivity contribution is 0.0860. The second-order valence-corrected chi connectivity index (χ2v) is 7.37. The zero-order valence-electron chi connectivity index (χ0n) is 17.4. The molecule has 31 heavy (non-hydrogen) atoms. The van der Waals surface area contributed by atoms with Crippen molar-refractivity contribution in [1.29, 1.82) is 0 Å². The quantitative estimate of drug-likeness (QED) is 0.664. The zero-order chi connectivity index (χ0) is 21.6. The minimum Gasteiger partial charge on any atom is -0.450 e. The minimum absolute atomic E-state index is 0.00401. The molecule has 3 aromatic rings. The lowest BCUT2D eigenvalue weighted by Gasteiger charge is -2.31. The van der Waals surface area contributed by atoms with Crippen LogP contribution >= 0.6 is 0 Å². The number of hydrogen-bond acceptors (Lipinski definition) is 5. The number of hydrogen-bond donors (Lipinski definition) is 1. The highest BCUT2D eigenvalue weighted by Gasteiger charge is 2.26. The van der Waals surface area contributed by atoms with Crippen molar-refractivity contribution in [3.05, 3.63) is 66.4 Å². The molecule has 7 heteroatoms. The van der Waals surface area contributed by atoms with E-state index in [0.717, 1.165) is 5.56 Å². The van der Waals surface area contributed by atoms with Crippen LogP contribution in [0.15, 0.2) is 65.2 Å². The van der Waals surface area contributed by atoms with Crippen LogP contribution in [0.1, 0.15) is 30.1 Å². The molecule has 1 N–H and O–H groups in total. The number of ether oxygens (including phenoxy) is 1. The number of nitrogens with one attached hydrogen (secondary N) is 1. The van der Waals surface area contributed by atoms with Crippen LogP contribution in [0.5, 0.6) is 0 Å². The molecule has 1 saturated heterocycles. The fourth-order valence-corrected chi connectivity index (χ4v) is 3.69. The number of nitrogens with zero attached hydrogens (tertiary/aromatic N) is 2. The molecular weight excluding hydrogens is 394 g/mol. The van der Waals surface area contributed by atoms with Crippen molar-refractivity contribution in [3.8, 4) is 22.8 Å². The molecule has 0 radical (unpaired) electrons. The summed E-state index contributed by atoms with van der Waals surface area (Å²) < 4.78 is 11.0. The summed E-state index contributed by atoms with van der Waals surface area (Å²) in [5.41, 5.74) is 2.08. The summed E-state index contributed by atoms with van der Waals surface area (Å²) in [5, 5.41) is 3.09. The molecule has 0 aliphatic carbocycles. The third-order valence-corrected chi connectivity index (χ3v) is 5.32.